The Morgan fingerprint density at radius 2 is 2.18 bits per heavy atom. The molecule has 0 aromatic carbocycles. The molecule has 0 radical (unpaired) electrons. The van der Waals surface area contributed by atoms with Crippen LogP contribution in [0.15, 0.2) is 0 Å². The molecule has 4 nitrogen and oxygen atoms in total. The van der Waals surface area contributed by atoms with Crippen LogP contribution in [0.1, 0.15) is 12.8 Å². The number of hydrogen-bond donors (Lipinski definition) is 3. The van der Waals surface area contributed by atoms with Gasteiger partial charge in [-0.15, -0.1) is 0 Å². The van der Waals surface area contributed by atoms with Crippen LogP contribution in [0.2, 0.25) is 0 Å². The average molecular weight is 164 g/mol. The quantitative estimate of drug-likeness (QED) is 0.482. The van der Waals surface area contributed by atoms with Crippen molar-refractivity contribution in [3.63, 3.8) is 0 Å². The van der Waals surface area contributed by atoms with Gasteiger partial charge in [0.25, 0.3) is 0 Å². The van der Waals surface area contributed by atoms with Crippen LogP contribution >= 0.6 is 0 Å². The topological polar surface area (TPSA) is 89.3 Å². The van der Waals surface area contributed by atoms with Crippen LogP contribution in [-0.2, 0) is 4.79 Å². The molecule has 0 saturated carbocycles. The van der Waals surface area contributed by atoms with Crippen molar-refractivity contribution < 1.29 is 14.3 Å². The minimum atomic E-state index is -1.19. The summed E-state index contributed by atoms with van der Waals surface area (Å²) in [6.07, 6.45) is -0.882. The maximum atomic E-state index is 11.7. The predicted molar refractivity (Wildman–Crippen MR) is 38.4 cm³/mol. The Kier molecular flexibility index (Phi) is 4.72. The first-order valence-electron chi connectivity index (χ1n) is 3.35. The number of amides is 1. The molecule has 0 aliphatic rings. The lowest BCUT2D eigenvalue weighted by molar-refractivity contribution is -0.118. The van der Waals surface area contributed by atoms with Crippen LogP contribution in [0.4, 0.5) is 4.39 Å². The van der Waals surface area contributed by atoms with Crippen LogP contribution in [0.5, 0.6) is 0 Å². The number of carbonyl (C=O) groups is 1. The predicted octanol–water partition coefficient (Wildman–Crippen LogP) is -1.09. The molecule has 1 amide bonds. The Morgan fingerprint density at radius 3 is 2.55 bits per heavy atom. The zero-order valence-electron chi connectivity index (χ0n) is 6.16. The van der Waals surface area contributed by atoms with E-state index in [0.717, 1.165) is 0 Å². The summed E-state index contributed by atoms with van der Waals surface area (Å²) in [5.74, 6) is -0.494. The third-order valence-electron chi connectivity index (χ3n) is 1.38. The van der Waals surface area contributed by atoms with Crippen molar-refractivity contribution in [2.24, 2.45) is 11.5 Å². The van der Waals surface area contributed by atoms with E-state index in [1.807, 2.05) is 0 Å². The number of carbonyl (C=O) groups excluding carboxylic acids is 1. The number of rotatable bonds is 5. The van der Waals surface area contributed by atoms with Crippen molar-refractivity contribution in [2.45, 2.75) is 25.0 Å². The van der Waals surface area contributed by atoms with E-state index in [1.165, 1.54) is 0 Å². The van der Waals surface area contributed by atoms with Gasteiger partial charge in [0.1, 0.15) is 6.67 Å². The monoisotopic (exact) mass is 164 g/mol. The standard InChI is InChI=1S/C6H13FN2O2/c7-3-5(10)4(8)1-2-6(9)11/h4-5,10H,1-3,8H2,(H2,9,11). The summed E-state index contributed by atoms with van der Waals surface area (Å²) >= 11 is 0. The van der Waals surface area contributed by atoms with Crippen molar-refractivity contribution in [3.05, 3.63) is 0 Å². The van der Waals surface area contributed by atoms with Crippen molar-refractivity contribution in [1.29, 1.82) is 0 Å². The lowest BCUT2D eigenvalue weighted by Crippen LogP contribution is -2.36. The first kappa shape index (κ1) is 10.3. The smallest absolute Gasteiger partial charge is 0.217 e. The number of aliphatic hydroxyl groups excluding tert-OH is 1. The van der Waals surface area contributed by atoms with E-state index in [0.29, 0.717) is 0 Å². The average Bonchev–Trinajstić information content (AvgIpc) is 1.98. The summed E-state index contributed by atoms with van der Waals surface area (Å²) < 4.78 is 11.7. The second kappa shape index (κ2) is 5.03. The molecular formula is C6H13FN2O2. The molecule has 2 unspecified atom stereocenters. The largest absolute Gasteiger partial charge is 0.389 e. The zero-order chi connectivity index (χ0) is 8.85. The Hall–Kier alpha value is -0.680. The molecule has 0 spiro atoms. The summed E-state index contributed by atoms with van der Waals surface area (Å²) in [5, 5.41) is 8.79. The SMILES string of the molecule is NC(=O)CCC(N)C(O)CF. The van der Waals surface area contributed by atoms with Gasteiger partial charge in [0.05, 0.1) is 6.10 Å². The fraction of sp³-hybridized carbons (Fsp3) is 0.833. The van der Waals surface area contributed by atoms with Gasteiger partial charge in [-0.25, -0.2) is 4.39 Å². The highest BCUT2D eigenvalue weighted by Gasteiger charge is 2.14. The third-order valence-corrected chi connectivity index (χ3v) is 1.38. The van der Waals surface area contributed by atoms with E-state index >= 15 is 0 Å². The highest BCUT2D eigenvalue weighted by atomic mass is 19.1. The Morgan fingerprint density at radius 1 is 1.64 bits per heavy atom. The Bertz CT molecular complexity index is 132. The molecule has 0 fully saturated rings. The van der Waals surface area contributed by atoms with E-state index in [2.05, 4.69) is 0 Å². The summed E-state index contributed by atoms with van der Waals surface area (Å²) in [6, 6.07) is -0.701. The third kappa shape index (κ3) is 4.69. The van der Waals surface area contributed by atoms with Crippen LogP contribution in [0, 0.1) is 0 Å². The maximum Gasteiger partial charge on any atom is 0.217 e. The first-order valence-corrected chi connectivity index (χ1v) is 3.35. The van der Waals surface area contributed by atoms with E-state index < -0.39 is 24.7 Å². The molecule has 0 aromatic rings. The molecular weight excluding hydrogens is 151 g/mol. The summed E-state index contributed by atoms with van der Waals surface area (Å²) in [6.45, 7) is -0.889. The second-order valence-corrected chi connectivity index (χ2v) is 2.39. The molecule has 2 atom stereocenters. The lowest BCUT2D eigenvalue weighted by Gasteiger charge is -2.13. The van der Waals surface area contributed by atoms with E-state index in [-0.39, 0.29) is 12.8 Å². The number of alkyl halides is 1. The van der Waals surface area contributed by atoms with Gasteiger partial charge in [-0.1, -0.05) is 0 Å². The molecule has 0 aromatic heterocycles. The number of halogens is 1. The highest BCUT2D eigenvalue weighted by Crippen LogP contribution is 1.99. The van der Waals surface area contributed by atoms with Crippen LogP contribution in [-0.4, -0.2) is 29.8 Å². The van der Waals surface area contributed by atoms with E-state index in [1.54, 1.807) is 0 Å². The molecule has 5 heteroatoms. The van der Waals surface area contributed by atoms with Gasteiger partial charge in [-0.05, 0) is 6.42 Å². The van der Waals surface area contributed by atoms with Crippen molar-refractivity contribution in [3.8, 4) is 0 Å². The highest BCUT2D eigenvalue weighted by molar-refractivity contribution is 5.73. The van der Waals surface area contributed by atoms with Gasteiger partial charge >= 0.3 is 0 Å². The minimum Gasteiger partial charge on any atom is -0.389 e. The summed E-state index contributed by atoms with van der Waals surface area (Å²) in [5.41, 5.74) is 10.1. The maximum absolute atomic E-state index is 11.7. The summed E-state index contributed by atoms with van der Waals surface area (Å²) in [7, 11) is 0. The lowest BCUT2D eigenvalue weighted by atomic mass is 10.1. The molecule has 0 aliphatic heterocycles. The molecule has 0 heterocycles. The number of aliphatic hydroxyl groups is 1. The minimum absolute atomic E-state index is 0.0816. The molecule has 5 N–H and O–H groups in total. The number of hydrogen-bond acceptors (Lipinski definition) is 3. The van der Waals surface area contributed by atoms with Gasteiger partial charge < -0.3 is 16.6 Å². The van der Waals surface area contributed by atoms with Crippen molar-refractivity contribution in [2.75, 3.05) is 6.67 Å². The molecule has 66 valence electrons. The first-order chi connectivity index (χ1) is 5.07. The van der Waals surface area contributed by atoms with Crippen LogP contribution < -0.4 is 11.5 Å². The normalized spacial score (nSPS) is 15.9. The Balaban J connectivity index is 3.51. The molecule has 0 aliphatic carbocycles. The number of primary amides is 1. The fourth-order valence-electron chi connectivity index (χ4n) is 0.616. The molecule has 11 heavy (non-hydrogen) atoms. The van der Waals surface area contributed by atoms with Gasteiger partial charge in [0.15, 0.2) is 0 Å². The molecule has 0 bridgehead atoms. The van der Waals surface area contributed by atoms with Crippen molar-refractivity contribution >= 4 is 5.91 Å². The van der Waals surface area contributed by atoms with Crippen molar-refractivity contribution in [1.82, 2.24) is 0 Å². The van der Waals surface area contributed by atoms with Gasteiger partial charge in [-0.2, -0.15) is 0 Å². The van der Waals surface area contributed by atoms with Gasteiger partial charge in [-0.3, -0.25) is 4.79 Å². The molecule has 0 saturated heterocycles. The van der Waals surface area contributed by atoms with Crippen LogP contribution in [0.25, 0.3) is 0 Å². The summed E-state index contributed by atoms with van der Waals surface area (Å²) in [4.78, 5) is 10.2. The second-order valence-electron chi connectivity index (χ2n) is 2.39. The Labute approximate surface area is 64.4 Å². The van der Waals surface area contributed by atoms with Gasteiger partial charge in [0.2, 0.25) is 5.91 Å². The van der Waals surface area contributed by atoms with Crippen LogP contribution in [0.3, 0.4) is 0 Å². The van der Waals surface area contributed by atoms with E-state index in [9.17, 15) is 9.18 Å². The fourth-order valence-corrected chi connectivity index (χ4v) is 0.616. The van der Waals surface area contributed by atoms with Gasteiger partial charge in [0, 0.05) is 12.5 Å². The molecule has 0 rings (SSSR count). The van der Waals surface area contributed by atoms with E-state index in [4.69, 9.17) is 16.6 Å². The zero-order valence-corrected chi connectivity index (χ0v) is 6.16. The number of nitrogens with two attached hydrogens (primary N) is 2.